The number of ketones is 1. The second kappa shape index (κ2) is 2.76. The maximum atomic E-state index is 10.7. The molecular weight excluding hydrogens is 164 g/mol. The lowest BCUT2D eigenvalue weighted by Gasteiger charge is -2.35. The highest BCUT2D eigenvalue weighted by Gasteiger charge is 2.41. The van der Waals surface area contributed by atoms with E-state index in [-0.39, 0.29) is 17.5 Å². The molecule has 0 saturated heterocycles. The maximum Gasteiger partial charge on any atom is 0.156 e. The number of ether oxygens (including phenoxy) is 1. The minimum atomic E-state index is -0.408. The van der Waals surface area contributed by atoms with Gasteiger partial charge in [-0.1, -0.05) is 0 Å². The summed E-state index contributed by atoms with van der Waals surface area (Å²) in [6.45, 7) is 5.87. The molecule has 0 N–H and O–H groups in total. The number of hydrogen-bond acceptors (Lipinski definition) is 2. The lowest BCUT2D eigenvalue weighted by Crippen LogP contribution is -2.48. The summed E-state index contributed by atoms with van der Waals surface area (Å²) < 4.78 is 5.50. The highest BCUT2D eigenvalue weighted by atomic mass is 35.5. The molecule has 2 nitrogen and oxygen atoms in total. The van der Waals surface area contributed by atoms with Crippen LogP contribution in [-0.4, -0.2) is 22.9 Å². The molecule has 0 amide bonds. The van der Waals surface area contributed by atoms with Gasteiger partial charge in [-0.05, 0) is 20.8 Å². The number of carbonyl (C=O) groups excluding carboxylic acids is 1. The van der Waals surface area contributed by atoms with Gasteiger partial charge in [0.1, 0.15) is 5.38 Å². The van der Waals surface area contributed by atoms with Crippen molar-refractivity contribution in [3.05, 3.63) is 0 Å². The fraction of sp³-hybridized carbons (Fsp3) is 0.875. The highest BCUT2D eigenvalue weighted by molar-refractivity contribution is 6.34. The van der Waals surface area contributed by atoms with Gasteiger partial charge in [0.2, 0.25) is 0 Å². The molecule has 2 atom stereocenters. The summed E-state index contributed by atoms with van der Waals surface area (Å²) in [5.41, 5.74) is -0.196. The first-order chi connectivity index (χ1) is 4.90. The van der Waals surface area contributed by atoms with Crippen LogP contribution in [0.5, 0.6) is 0 Å². The van der Waals surface area contributed by atoms with E-state index in [2.05, 4.69) is 0 Å². The summed E-state index contributed by atoms with van der Waals surface area (Å²) in [4.78, 5) is 10.7. The van der Waals surface area contributed by atoms with E-state index in [9.17, 15) is 4.79 Å². The van der Waals surface area contributed by atoms with Gasteiger partial charge in [-0.15, -0.1) is 11.6 Å². The molecule has 0 spiro atoms. The lowest BCUT2D eigenvalue weighted by molar-refractivity contribution is -0.143. The third-order valence-electron chi connectivity index (χ3n) is 1.54. The zero-order valence-corrected chi connectivity index (χ0v) is 7.81. The van der Waals surface area contributed by atoms with Crippen molar-refractivity contribution < 1.29 is 9.53 Å². The van der Waals surface area contributed by atoms with Crippen LogP contribution in [0.2, 0.25) is 0 Å². The van der Waals surface area contributed by atoms with Crippen molar-refractivity contribution in [2.24, 2.45) is 0 Å². The molecule has 3 heteroatoms. The van der Waals surface area contributed by atoms with Gasteiger partial charge in [0, 0.05) is 6.42 Å². The van der Waals surface area contributed by atoms with Gasteiger partial charge in [-0.25, -0.2) is 0 Å². The standard InChI is InChI=1S/C8H13ClO2/c1-8(2,3)11-6-4-5(10)7(6)9/h6-7H,4H2,1-3H3/t6-,7+/m0/s1. The van der Waals surface area contributed by atoms with E-state index in [1.165, 1.54) is 0 Å². The van der Waals surface area contributed by atoms with Crippen molar-refractivity contribution in [1.29, 1.82) is 0 Å². The van der Waals surface area contributed by atoms with Crippen molar-refractivity contribution >= 4 is 17.4 Å². The Labute approximate surface area is 71.9 Å². The van der Waals surface area contributed by atoms with Crippen LogP contribution >= 0.6 is 11.6 Å². The van der Waals surface area contributed by atoms with Crippen LogP contribution in [0.1, 0.15) is 27.2 Å². The molecule has 0 aromatic carbocycles. The van der Waals surface area contributed by atoms with E-state index in [4.69, 9.17) is 16.3 Å². The minimum absolute atomic E-state index is 0.0656. The fourth-order valence-corrected chi connectivity index (χ4v) is 1.25. The van der Waals surface area contributed by atoms with E-state index in [1.54, 1.807) is 0 Å². The number of rotatable bonds is 1. The van der Waals surface area contributed by atoms with E-state index < -0.39 is 5.38 Å². The highest BCUT2D eigenvalue weighted by Crippen LogP contribution is 2.28. The van der Waals surface area contributed by atoms with Gasteiger partial charge in [0.05, 0.1) is 11.7 Å². The molecule has 0 bridgehead atoms. The average molecular weight is 177 g/mol. The van der Waals surface area contributed by atoms with Gasteiger partial charge < -0.3 is 4.74 Å². The molecule has 0 aromatic heterocycles. The molecule has 64 valence electrons. The Bertz CT molecular complexity index is 171. The van der Waals surface area contributed by atoms with Gasteiger partial charge in [-0.2, -0.15) is 0 Å². The van der Waals surface area contributed by atoms with Crippen LogP contribution in [0.3, 0.4) is 0 Å². The first kappa shape index (κ1) is 9.01. The molecule has 1 saturated carbocycles. The number of alkyl halides is 1. The topological polar surface area (TPSA) is 26.3 Å². The summed E-state index contributed by atoms with van der Waals surface area (Å²) in [5, 5.41) is -0.408. The monoisotopic (exact) mass is 176 g/mol. The third kappa shape index (κ3) is 2.17. The minimum Gasteiger partial charge on any atom is -0.370 e. The molecule has 11 heavy (non-hydrogen) atoms. The summed E-state index contributed by atoms with van der Waals surface area (Å²) in [6.07, 6.45) is 0.412. The summed E-state index contributed by atoms with van der Waals surface area (Å²) in [6, 6.07) is 0. The van der Waals surface area contributed by atoms with E-state index in [1.807, 2.05) is 20.8 Å². The lowest BCUT2D eigenvalue weighted by atomic mass is 9.92. The van der Waals surface area contributed by atoms with Crippen LogP contribution in [0.25, 0.3) is 0 Å². The Hall–Kier alpha value is -0.0800. The molecule has 1 rings (SSSR count). The average Bonchev–Trinajstić information content (AvgIpc) is 1.84. The van der Waals surface area contributed by atoms with Gasteiger partial charge >= 0.3 is 0 Å². The quantitative estimate of drug-likeness (QED) is 0.569. The van der Waals surface area contributed by atoms with E-state index in [0.717, 1.165) is 0 Å². The number of Topliss-reactive ketones (excluding diaryl/α,β-unsaturated/α-hetero) is 1. The molecule has 0 unspecified atom stereocenters. The van der Waals surface area contributed by atoms with Gasteiger partial charge in [0.25, 0.3) is 0 Å². The van der Waals surface area contributed by atoms with Crippen LogP contribution < -0.4 is 0 Å². The SMILES string of the molecule is CC(C)(C)O[C@H]1CC(=O)[C@H]1Cl. The molecule has 0 aromatic rings. The third-order valence-corrected chi connectivity index (χ3v) is 2.07. The second-order valence-corrected chi connectivity index (χ2v) is 4.31. The first-order valence-electron chi connectivity index (χ1n) is 3.75. The van der Waals surface area contributed by atoms with Crippen molar-refractivity contribution in [2.45, 2.75) is 44.3 Å². The Morgan fingerprint density at radius 3 is 2.36 bits per heavy atom. The van der Waals surface area contributed by atoms with Crippen LogP contribution in [0.4, 0.5) is 0 Å². The van der Waals surface area contributed by atoms with Crippen LogP contribution in [-0.2, 0) is 9.53 Å². The molecule has 0 aliphatic heterocycles. The van der Waals surface area contributed by atoms with E-state index in [0.29, 0.717) is 6.42 Å². The summed E-state index contributed by atoms with van der Waals surface area (Å²) in [7, 11) is 0. The summed E-state index contributed by atoms with van der Waals surface area (Å²) >= 11 is 5.70. The van der Waals surface area contributed by atoms with Crippen LogP contribution in [0.15, 0.2) is 0 Å². The largest absolute Gasteiger partial charge is 0.370 e. The fourth-order valence-electron chi connectivity index (χ4n) is 1.02. The number of halogens is 1. The molecule has 1 aliphatic rings. The van der Waals surface area contributed by atoms with Gasteiger partial charge in [-0.3, -0.25) is 4.79 Å². The number of carbonyl (C=O) groups is 1. The molecule has 1 aliphatic carbocycles. The maximum absolute atomic E-state index is 10.7. The predicted molar refractivity (Wildman–Crippen MR) is 43.9 cm³/mol. The smallest absolute Gasteiger partial charge is 0.156 e. The molecule has 0 heterocycles. The van der Waals surface area contributed by atoms with Crippen molar-refractivity contribution in [1.82, 2.24) is 0 Å². The second-order valence-electron chi connectivity index (χ2n) is 3.84. The van der Waals surface area contributed by atoms with Crippen molar-refractivity contribution in [2.75, 3.05) is 0 Å². The van der Waals surface area contributed by atoms with Crippen LogP contribution in [0, 0.1) is 0 Å². The zero-order valence-electron chi connectivity index (χ0n) is 7.06. The molecule has 1 fully saturated rings. The molecule has 0 radical (unpaired) electrons. The first-order valence-corrected chi connectivity index (χ1v) is 4.18. The predicted octanol–water partition coefficient (Wildman–Crippen LogP) is 1.75. The molecular formula is C8H13ClO2. The normalized spacial score (nSPS) is 31.8. The Balaban J connectivity index is 2.36. The Morgan fingerprint density at radius 1 is 1.55 bits per heavy atom. The summed E-state index contributed by atoms with van der Waals surface area (Å²) in [5.74, 6) is 0.0981. The van der Waals surface area contributed by atoms with E-state index >= 15 is 0 Å². The van der Waals surface area contributed by atoms with Gasteiger partial charge in [0.15, 0.2) is 5.78 Å². The number of hydrogen-bond donors (Lipinski definition) is 0. The Morgan fingerprint density at radius 2 is 2.09 bits per heavy atom. The Kier molecular flexibility index (Phi) is 2.26. The van der Waals surface area contributed by atoms with Crippen molar-refractivity contribution in [3.8, 4) is 0 Å². The van der Waals surface area contributed by atoms with Crippen molar-refractivity contribution in [3.63, 3.8) is 0 Å². The zero-order chi connectivity index (χ0) is 8.65.